The molecule has 1 unspecified atom stereocenters. The molecule has 88 valence electrons. The van der Waals surface area contributed by atoms with Crippen molar-refractivity contribution in [1.82, 2.24) is 5.32 Å². The van der Waals surface area contributed by atoms with E-state index in [-0.39, 0.29) is 12.1 Å². The average Bonchev–Trinajstić information content (AvgIpc) is 2.00. The summed E-state index contributed by atoms with van der Waals surface area (Å²) in [6.07, 6.45) is 0.680. The zero-order chi connectivity index (χ0) is 12.1. The SMILES string of the molecule is C=C(CNCC(C)(O)CC(C)C)C(=O)O. The van der Waals surface area contributed by atoms with Crippen molar-refractivity contribution in [3.05, 3.63) is 12.2 Å². The second-order valence-corrected chi connectivity index (χ2v) is 4.61. The predicted molar refractivity (Wildman–Crippen MR) is 59.7 cm³/mol. The van der Waals surface area contributed by atoms with E-state index >= 15 is 0 Å². The number of aliphatic hydroxyl groups is 1. The maximum absolute atomic E-state index is 10.4. The van der Waals surface area contributed by atoms with Crippen LogP contribution in [0, 0.1) is 5.92 Å². The molecule has 4 nitrogen and oxygen atoms in total. The van der Waals surface area contributed by atoms with Gasteiger partial charge >= 0.3 is 5.97 Å². The predicted octanol–water partition coefficient (Wildman–Crippen LogP) is 1.01. The monoisotopic (exact) mass is 215 g/mol. The van der Waals surface area contributed by atoms with Crippen LogP contribution >= 0.6 is 0 Å². The summed E-state index contributed by atoms with van der Waals surface area (Å²) in [6.45, 7) is 9.77. The number of carboxylic acids is 1. The first-order chi connectivity index (χ1) is 6.74. The van der Waals surface area contributed by atoms with Gasteiger partial charge in [-0.3, -0.25) is 0 Å². The van der Waals surface area contributed by atoms with Gasteiger partial charge in [0.2, 0.25) is 0 Å². The van der Waals surface area contributed by atoms with Gasteiger partial charge in [0.25, 0.3) is 0 Å². The summed E-state index contributed by atoms with van der Waals surface area (Å²) in [5.41, 5.74) is -0.692. The van der Waals surface area contributed by atoms with Crippen LogP contribution in [0.25, 0.3) is 0 Å². The molecule has 4 heteroatoms. The highest BCUT2D eigenvalue weighted by molar-refractivity contribution is 5.86. The first-order valence-corrected chi connectivity index (χ1v) is 5.09. The third-order valence-electron chi connectivity index (χ3n) is 1.99. The van der Waals surface area contributed by atoms with Crippen LogP contribution < -0.4 is 5.32 Å². The number of hydrogen-bond donors (Lipinski definition) is 3. The van der Waals surface area contributed by atoms with Crippen molar-refractivity contribution in [3.8, 4) is 0 Å². The molecule has 0 bridgehead atoms. The Morgan fingerprint density at radius 1 is 1.53 bits per heavy atom. The number of hydrogen-bond acceptors (Lipinski definition) is 3. The Kier molecular flexibility index (Phi) is 5.54. The minimum absolute atomic E-state index is 0.107. The standard InChI is InChI=1S/C11H21NO3/c1-8(2)5-11(4,15)7-12-6-9(3)10(13)14/h8,12,15H,3,5-7H2,1-2,4H3,(H,13,14). The molecule has 0 spiro atoms. The largest absolute Gasteiger partial charge is 0.478 e. The molecule has 3 N–H and O–H groups in total. The summed E-state index contributed by atoms with van der Waals surface area (Å²) >= 11 is 0. The van der Waals surface area contributed by atoms with Gasteiger partial charge < -0.3 is 15.5 Å². The lowest BCUT2D eigenvalue weighted by Gasteiger charge is -2.25. The van der Waals surface area contributed by atoms with Gasteiger partial charge in [-0.25, -0.2) is 4.79 Å². The zero-order valence-electron chi connectivity index (χ0n) is 9.71. The lowest BCUT2D eigenvalue weighted by molar-refractivity contribution is -0.132. The highest BCUT2D eigenvalue weighted by atomic mass is 16.4. The lowest BCUT2D eigenvalue weighted by Crippen LogP contribution is -2.40. The molecule has 0 heterocycles. The van der Waals surface area contributed by atoms with E-state index in [0.717, 1.165) is 0 Å². The van der Waals surface area contributed by atoms with Gasteiger partial charge in [-0.15, -0.1) is 0 Å². The Balaban J connectivity index is 3.84. The Bertz CT molecular complexity index is 234. The van der Waals surface area contributed by atoms with Crippen molar-refractivity contribution in [2.45, 2.75) is 32.8 Å². The fourth-order valence-corrected chi connectivity index (χ4v) is 1.51. The molecule has 0 saturated heterocycles. The Labute approximate surface area is 91.0 Å². The van der Waals surface area contributed by atoms with E-state index < -0.39 is 11.6 Å². The minimum atomic E-state index is -1.01. The van der Waals surface area contributed by atoms with Crippen molar-refractivity contribution >= 4 is 5.97 Å². The van der Waals surface area contributed by atoms with Gasteiger partial charge in [0, 0.05) is 18.7 Å². The first kappa shape index (κ1) is 14.1. The molecule has 0 aromatic rings. The van der Waals surface area contributed by atoms with E-state index in [0.29, 0.717) is 18.9 Å². The maximum atomic E-state index is 10.4. The van der Waals surface area contributed by atoms with Crippen LogP contribution in [0.5, 0.6) is 0 Å². The summed E-state index contributed by atoms with van der Waals surface area (Å²) in [5.74, 6) is -0.601. The number of rotatable bonds is 7. The minimum Gasteiger partial charge on any atom is -0.478 e. The third-order valence-corrected chi connectivity index (χ3v) is 1.99. The molecule has 1 atom stereocenters. The van der Waals surface area contributed by atoms with Crippen LogP contribution in [0.2, 0.25) is 0 Å². The second-order valence-electron chi connectivity index (χ2n) is 4.61. The molecule has 0 aliphatic carbocycles. The van der Waals surface area contributed by atoms with Gasteiger partial charge in [0.05, 0.1) is 5.60 Å². The first-order valence-electron chi connectivity index (χ1n) is 5.09. The maximum Gasteiger partial charge on any atom is 0.332 e. The van der Waals surface area contributed by atoms with Crippen LogP contribution in [-0.2, 0) is 4.79 Å². The van der Waals surface area contributed by atoms with E-state index in [1.807, 2.05) is 13.8 Å². The molecule has 0 fully saturated rings. The second kappa shape index (κ2) is 5.88. The summed E-state index contributed by atoms with van der Waals surface area (Å²) in [7, 11) is 0. The van der Waals surface area contributed by atoms with E-state index in [1.54, 1.807) is 6.92 Å². The molecule has 0 aliphatic heterocycles. The summed E-state index contributed by atoms with van der Waals surface area (Å²) < 4.78 is 0. The Morgan fingerprint density at radius 2 is 2.07 bits per heavy atom. The van der Waals surface area contributed by atoms with Crippen molar-refractivity contribution < 1.29 is 15.0 Å². The van der Waals surface area contributed by atoms with Crippen molar-refractivity contribution in [2.75, 3.05) is 13.1 Å². The quantitative estimate of drug-likeness (QED) is 0.554. The Hall–Kier alpha value is -0.870. The molecule has 0 radical (unpaired) electrons. The van der Waals surface area contributed by atoms with Gasteiger partial charge in [0.1, 0.15) is 0 Å². The fourth-order valence-electron chi connectivity index (χ4n) is 1.51. The molecule has 0 aromatic carbocycles. The van der Waals surface area contributed by atoms with E-state index in [9.17, 15) is 9.90 Å². The normalized spacial score (nSPS) is 15.0. The van der Waals surface area contributed by atoms with E-state index in [2.05, 4.69) is 11.9 Å². The van der Waals surface area contributed by atoms with Crippen LogP contribution in [0.3, 0.4) is 0 Å². The van der Waals surface area contributed by atoms with E-state index in [1.165, 1.54) is 0 Å². The number of carboxylic acid groups (broad SMARTS) is 1. The molecule has 0 rings (SSSR count). The highest BCUT2D eigenvalue weighted by Gasteiger charge is 2.21. The third kappa shape index (κ3) is 7.11. The molecule has 0 aromatic heterocycles. The number of carbonyl (C=O) groups is 1. The topological polar surface area (TPSA) is 69.6 Å². The summed E-state index contributed by atoms with van der Waals surface area (Å²) in [6, 6.07) is 0. The van der Waals surface area contributed by atoms with Crippen molar-refractivity contribution in [2.24, 2.45) is 5.92 Å². The Morgan fingerprint density at radius 3 is 2.47 bits per heavy atom. The van der Waals surface area contributed by atoms with Crippen LogP contribution in [0.4, 0.5) is 0 Å². The molecule has 15 heavy (non-hydrogen) atoms. The van der Waals surface area contributed by atoms with Gasteiger partial charge in [-0.1, -0.05) is 20.4 Å². The van der Waals surface area contributed by atoms with Gasteiger partial charge in [0.15, 0.2) is 0 Å². The highest BCUT2D eigenvalue weighted by Crippen LogP contribution is 2.14. The zero-order valence-corrected chi connectivity index (χ0v) is 9.71. The number of aliphatic carboxylic acids is 1. The van der Waals surface area contributed by atoms with Crippen LogP contribution in [0.15, 0.2) is 12.2 Å². The summed E-state index contributed by atoms with van der Waals surface area (Å²) in [4.78, 5) is 10.4. The molecular formula is C11H21NO3. The number of nitrogens with one attached hydrogen (secondary N) is 1. The average molecular weight is 215 g/mol. The van der Waals surface area contributed by atoms with Gasteiger partial charge in [-0.2, -0.15) is 0 Å². The molecule has 0 amide bonds. The van der Waals surface area contributed by atoms with Gasteiger partial charge in [-0.05, 0) is 19.3 Å². The van der Waals surface area contributed by atoms with Crippen LogP contribution in [-0.4, -0.2) is 34.9 Å². The molecule has 0 aliphatic rings. The van der Waals surface area contributed by atoms with E-state index in [4.69, 9.17) is 5.11 Å². The fraction of sp³-hybridized carbons (Fsp3) is 0.727. The smallest absolute Gasteiger partial charge is 0.332 e. The van der Waals surface area contributed by atoms with Crippen molar-refractivity contribution in [3.63, 3.8) is 0 Å². The van der Waals surface area contributed by atoms with Crippen LogP contribution in [0.1, 0.15) is 27.2 Å². The molecule has 0 saturated carbocycles. The summed E-state index contributed by atoms with van der Waals surface area (Å²) in [5, 5.41) is 21.3. The van der Waals surface area contributed by atoms with Crippen molar-refractivity contribution in [1.29, 1.82) is 0 Å². The molecular weight excluding hydrogens is 194 g/mol. The lowest BCUT2D eigenvalue weighted by atomic mass is 9.94.